The molecule has 0 aliphatic carbocycles. The van der Waals surface area contributed by atoms with Crippen molar-refractivity contribution in [2.45, 2.75) is 44.2 Å². The number of nitrogens with two attached hydrogens (primary N) is 1. The van der Waals surface area contributed by atoms with E-state index in [-0.39, 0.29) is 18.8 Å². The van der Waals surface area contributed by atoms with Crippen LogP contribution in [0, 0.1) is 0 Å². The first-order valence-electron chi connectivity index (χ1n) is 7.45. The number of hydrogen-bond acceptors (Lipinski definition) is 8. The van der Waals surface area contributed by atoms with Crippen LogP contribution in [0.2, 0.25) is 0 Å². The largest absolute Gasteiger partial charge is 0.382 e. The number of rotatable bonds is 3. The fourth-order valence-electron chi connectivity index (χ4n) is 3.20. The lowest BCUT2D eigenvalue weighted by molar-refractivity contribution is -0.195. The van der Waals surface area contributed by atoms with Crippen molar-refractivity contribution in [3.8, 4) is 0 Å². The van der Waals surface area contributed by atoms with Gasteiger partial charge in [0.2, 0.25) is 0 Å². The summed E-state index contributed by atoms with van der Waals surface area (Å²) in [6.45, 7) is 3.82. The predicted molar refractivity (Wildman–Crippen MR) is 81.5 cm³/mol. The van der Waals surface area contributed by atoms with E-state index in [9.17, 15) is 0 Å². The van der Waals surface area contributed by atoms with Crippen molar-refractivity contribution < 1.29 is 14.2 Å². The fraction of sp³-hybridized carbons (Fsp3) is 0.615. The van der Waals surface area contributed by atoms with Crippen LogP contribution in [-0.4, -0.2) is 50.2 Å². The molecule has 126 valence electrons. The average molecular weight is 332 g/mol. The van der Waals surface area contributed by atoms with E-state index < -0.39 is 18.1 Å². The van der Waals surface area contributed by atoms with E-state index >= 15 is 0 Å². The van der Waals surface area contributed by atoms with E-state index in [0.29, 0.717) is 17.0 Å². The Labute approximate surface area is 136 Å². The molecule has 0 aromatic carbocycles. The highest BCUT2D eigenvalue weighted by Gasteiger charge is 2.55. The summed E-state index contributed by atoms with van der Waals surface area (Å²) >= 11 is 0. The summed E-state index contributed by atoms with van der Waals surface area (Å²) in [5, 5.41) is 3.60. The van der Waals surface area contributed by atoms with Gasteiger partial charge in [-0.15, -0.1) is 0 Å². The molecule has 11 nitrogen and oxygen atoms in total. The fourth-order valence-corrected chi connectivity index (χ4v) is 3.20. The summed E-state index contributed by atoms with van der Waals surface area (Å²) in [5.41, 5.74) is 15.4. The highest BCUT2D eigenvalue weighted by Crippen LogP contribution is 2.43. The zero-order valence-corrected chi connectivity index (χ0v) is 13.1. The second kappa shape index (κ2) is 5.28. The summed E-state index contributed by atoms with van der Waals surface area (Å²) in [7, 11) is 0. The Kier molecular flexibility index (Phi) is 3.32. The standard InChI is InChI=1S/C13H16N8O3/c1-13(2)23-8-6(3-19-20-15)22-12(9(8)24-13)21-5-18-7-10(14)16-4-17-11(7)21/h4-6,8-9,12H,3H2,1-2H3,(H2,14,16,17)/t6-,8-,9-,12-/m0/s1. The molecule has 2 aliphatic rings. The molecule has 2 saturated heterocycles. The molecule has 4 rings (SSSR count). The molecule has 2 aliphatic heterocycles. The normalized spacial score (nSPS) is 31.1. The molecule has 0 radical (unpaired) electrons. The van der Waals surface area contributed by atoms with Gasteiger partial charge in [-0.05, 0) is 19.4 Å². The zero-order chi connectivity index (χ0) is 16.9. The molecular formula is C13H16N8O3. The summed E-state index contributed by atoms with van der Waals surface area (Å²) in [6.07, 6.45) is 1.28. The van der Waals surface area contributed by atoms with Gasteiger partial charge in [0.25, 0.3) is 0 Å². The van der Waals surface area contributed by atoms with Crippen molar-refractivity contribution >= 4 is 17.0 Å². The van der Waals surface area contributed by atoms with E-state index in [1.165, 1.54) is 6.33 Å². The number of imidazole rings is 1. The molecule has 2 N–H and O–H groups in total. The molecule has 0 saturated carbocycles. The minimum absolute atomic E-state index is 0.150. The summed E-state index contributed by atoms with van der Waals surface area (Å²) < 4.78 is 19.7. The number of fused-ring (bicyclic) bond motifs is 2. The maximum absolute atomic E-state index is 8.58. The highest BCUT2D eigenvalue weighted by atomic mass is 16.8. The van der Waals surface area contributed by atoms with Crippen LogP contribution < -0.4 is 5.73 Å². The number of ether oxygens (including phenoxy) is 3. The van der Waals surface area contributed by atoms with Gasteiger partial charge in [-0.3, -0.25) is 4.57 Å². The molecule has 2 fully saturated rings. The Morgan fingerprint density at radius 2 is 2.12 bits per heavy atom. The van der Waals surface area contributed by atoms with Gasteiger partial charge in [-0.1, -0.05) is 5.11 Å². The molecule has 0 amide bonds. The predicted octanol–water partition coefficient (Wildman–Crippen LogP) is 1.14. The molecule has 0 spiro atoms. The van der Waals surface area contributed by atoms with Crippen molar-refractivity contribution in [2.75, 3.05) is 12.3 Å². The minimum Gasteiger partial charge on any atom is -0.382 e. The van der Waals surface area contributed by atoms with Crippen molar-refractivity contribution in [3.05, 3.63) is 23.1 Å². The third-order valence-corrected chi connectivity index (χ3v) is 4.11. The lowest BCUT2D eigenvalue weighted by Gasteiger charge is -2.24. The first-order chi connectivity index (χ1) is 11.5. The number of azide groups is 1. The Morgan fingerprint density at radius 3 is 2.92 bits per heavy atom. The van der Waals surface area contributed by atoms with Crippen molar-refractivity contribution in [3.63, 3.8) is 0 Å². The van der Waals surface area contributed by atoms with Crippen LogP contribution in [0.5, 0.6) is 0 Å². The van der Waals surface area contributed by atoms with E-state index in [1.807, 2.05) is 13.8 Å². The van der Waals surface area contributed by atoms with E-state index in [1.54, 1.807) is 10.9 Å². The van der Waals surface area contributed by atoms with Gasteiger partial charge < -0.3 is 19.9 Å². The SMILES string of the molecule is CC1(C)O[C@@H]2[C@H](O1)[C@@H](n1cnc3c(N)ncnc31)O[C@H]2CN=[N+]=[N-]. The molecule has 0 unspecified atom stereocenters. The monoisotopic (exact) mass is 332 g/mol. The molecule has 2 aromatic rings. The van der Waals surface area contributed by atoms with Gasteiger partial charge in [0.1, 0.15) is 24.1 Å². The molecule has 2 aromatic heterocycles. The van der Waals surface area contributed by atoms with Gasteiger partial charge in [0.05, 0.1) is 19.0 Å². The van der Waals surface area contributed by atoms with Crippen LogP contribution in [-0.2, 0) is 14.2 Å². The van der Waals surface area contributed by atoms with E-state index in [0.717, 1.165) is 0 Å². The van der Waals surface area contributed by atoms with Crippen LogP contribution in [0.1, 0.15) is 20.1 Å². The number of aromatic nitrogens is 4. The number of nitrogen functional groups attached to an aromatic ring is 1. The zero-order valence-electron chi connectivity index (χ0n) is 13.1. The number of anilines is 1. The van der Waals surface area contributed by atoms with Crippen molar-refractivity contribution in [1.29, 1.82) is 0 Å². The second-order valence-corrected chi connectivity index (χ2v) is 6.13. The lowest BCUT2D eigenvalue weighted by atomic mass is 10.1. The third kappa shape index (κ3) is 2.26. The van der Waals surface area contributed by atoms with Crippen LogP contribution >= 0.6 is 0 Å². The summed E-state index contributed by atoms with van der Waals surface area (Å²) in [5.74, 6) is -0.459. The van der Waals surface area contributed by atoms with Crippen LogP contribution in [0.4, 0.5) is 5.82 Å². The Morgan fingerprint density at radius 1 is 1.33 bits per heavy atom. The average Bonchev–Trinajstić information content (AvgIpc) is 3.17. The maximum Gasteiger partial charge on any atom is 0.167 e. The second-order valence-electron chi connectivity index (χ2n) is 6.13. The first-order valence-corrected chi connectivity index (χ1v) is 7.45. The van der Waals surface area contributed by atoms with Gasteiger partial charge in [0, 0.05) is 4.91 Å². The first kappa shape index (κ1) is 15.1. The summed E-state index contributed by atoms with van der Waals surface area (Å²) in [4.78, 5) is 15.2. The summed E-state index contributed by atoms with van der Waals surface area (Å²) in [6, 6.07) is 0. The molecule has 24 heavy (non-hydrogen) atoms. The van der Waals surface area contributed by atoms with Gasteiger partial charge in [-0.25, -0.2) is 15.0 Å². The molecule has 4 heterocycles. The van der Waals surface area contributed by atoms with Gasteiger partial charge in [-0.2, -0.15) is 0 Å². The highest BCUT2D eigenvalue weighted by molar-refractivity contribution is 5.81. The van der Waals surface area contributed by atoms with E-state index in [2.05, 4.69) is 25.0 Å². The number of nitrogens with zero attached hydrogens (tertiary/aromatic N) is 7. The molecule has 0 bridgehead atoms. The molecule has 11 heteroatoms. The smallest absolute Gasteiger partial charge is 0.167 e. The molecule has 4 atom stereocenters. The quantitative estimate of drug-likeness (QED) is 0.503. The Bertz CT molecular complexity index is 830. The minimum atomic E-state index is -0.754. The van der Waals surface area contributed by atoms with E-state index in [4.69, 9.17) is 25.5 Å². The lowest BCUT2D eigenvalue weighted by Crippen LogP contribution is -2.31. The Balaban J connectivity index is 1.74. The Hall–Kier alpha value is -2.46. The maximum atomic E-state index is 8.58. The van der Waals surface area contributed by atoms with Crippen LogP contribution in [0.15, 0.2) is 17.8 Å². The van der Waals surface area contributed by atoms with Crippen molar-refractivity contribution in [2.24, 2.45) is 5.11 Å². The number of hydrogen-bond donors (Lipinski definition) is 1. The van der Waals surface area contributed by atoms with Gasteiger partial charge >= 0.3 is 0 Å². The molecular weight excluding hydrogens is 316 g/mol. The van der Waals surface area contributed by atoms with Gasteiger partial charge in [0.15, 0.2) is 23.5 Å². The van der Waals surface area contributed by atoms with Crippen molar-refractivity contribution in [1.82, 2.24) is 19.5 Å². The topological polar surface area (TPSA) is 146 Å². The van der Waals surface area contributed by atoms with Crippen LogP contribution in [0.3, 0.4) is 0 Å². The third-order valence-electron chi connectivity index (χ3n) is 4.11. The van der Waals surface area contributed by atoms with Crippen LogP contribution in [0.25, 0.3) is 21.6 Å².